The molecule has 8 heteroatoms. The van der Waals surface area contributed by atoms with E-state index in [1.165, 1.54) is 12.1 Å². The van der Waals surface area contributed by atoms with Gasteiger partial charge in [-0.2, -0.15) is 4.68 Å². The lowest BCUT2D eigenvalue weighted by Crippen LogP contribution is -2.22. The highest BCUT2D eigenvalue weighted by molar-refractivity contribution is 6.15. The Labute approximate surface area is 93.4 Å². The van der Waals surface area contributed by atoms with Crippen molar-refractivity contribution in [2.24, 2.45) is 0 Å². The first-order valence-corrected chi connectivity index (χ1v) is 4.75. The van der Waals surface area contributed by atoms with Crippen LogP contribution in [0.25, 0.3) is 10.9 Å². The summed E-state index contributed by atoms with van der Waals surface area (Å²) in [6.07, 6.45) is 0. The zero-order valence-corrected chi connectivity index (χ0v) is 8.59. The monoisotopic (exact) mass is 240 g/mol. The standard InChI is InChI=1S/C8H5ClN4O3/c9-4-12-8(14)6-3-5(13(15)16)1-2-7(6)10-11-12/h1-3H,4H2. The van der Waals surface area contributed by atoms with Crippen LogP contribution < -0.4 is 5.56 Å². The van der Waals surface area contributed by atoms with Crippen LogP contribution in [0.5, 0.6) is 0 Å². The van der Waals surface area contributed by atoms with E-state index < -0.39 is 10.5 Å². The number of aromatic nitrogens is 3. The van der Waals surface area contributed by atoms with E-state index in [-0.39, 0.29) is 17.1 Å². The second kappa shape index (κ2) is 3.86. The summed E-state index contributed by atoms with van der Waals surface area (Å²) in [6, 6.07) is 3.65. The van der Waals surface area contributed by atoms with Crippen LogP contribution in [0.1, 0.15) is 0 Å². The molecule has 0 aliphatic rings. The molecular formula is C8H5ClN4O3. The predicted octanol–water partition coefficient (Wildman–Crippen LogP) is 0.896. The van der Waals surface area contributed by atoms with Gasteiger partial charge in [0.2, 0.25) is 0 Å². The van der Waals surface area contributed by atoms with E-state index in [0.29, 0.717) is 5.52 Å². The van der Waals surface area contributed by atoms with Crippen LogP contribution in [-0.2, 0) is 6.00 Å². The third kappa shape index (κ3) is 1.61. The zero-order valence-electron chi connectivity index (χ0n) is 7.83. The second-order valence-electron chi connectivity index (χ2n) is 2.97. The van der Waals surface area contributed by atoms with Gasteiger partial charge < -0.3 is 0 Å². The maximum absolute atomic E-state index is 11.7. The van der Waals surface area contributed by atoms with Crippen LogP contribution in [-0.4, -0.2) is 19.9 Å². The fourth-order valence-corrected chi connectivity index (χ4v) is 1.41. The summed E-state index contributed by atoms with van der Waals surface area (Å²) in [5, 5.41) is 17.9. The number of fused-ring (bicyclic) bond motifs is 1. The van der Waals surface area contributed by atoms with E-state index in [0.717, 1.165) is 10.7 Å². The Hall–Kier alpha value is -2.02. The summed E-state index contributed by atoms with van der Waals surface area (Å²) in [4.78, 5) is 21.7. The summed E-state index contributed by atoms with van der Waals surface area (Å²) in [5.74, 6) is 0. The Bertz CT molecular complexity index is 624. The van der Waals surface area contributed by atoms with Crippen LogP contribution in [0.3, 0.4) is 0 Å². The van der Waals surface area contributed by atoms with Gasteiger partial charge >= 0.3 is 0 Å². The van der Waals surface area contributed by atoms with Crippen molar-refractivity contribution < 1.29 is 4.92 Å². The Morgan fingerprint density at radius 2 is 2.25 bits per heavy atom. The lowest BCUT2D eigenvalue weighted by Gasteiger charge is -1.99. The third-order valence-electron chi connectivity index (χ3n) is 2.03. The van der Waals surface area contributed by atoms with Crippen molar-refractivity contribution in [2.75, 3.05) is 0 Å². The van der Waals surface area contributed by atoms with Gasteiger partial charge in [-0.1, -0.05) is 5.21 Å². The number of rotatable bonds is 2. The average Bonchev–Trinajstić information content (AvgIpc) is 2.29. The predicted molar refractivity (Wildman–Crippen MR) is 56.3 cm³/mol. The molecule has 0 spiro atoms. The highest BCUT2D eigenvalue weighted by Gasteiger charge is 2.10. The summed E-state index contributed by atoms with van der Waals surface area (Å²) >= 11 is 5.46. The van der Waals surface area contributed by atoms with E-state index in [9.17, 15) is 14.9 Å². The minimum atomic E-state index is -0.579. The molecule has 0 N–H and O–H groups in total. The normalized spacial score (nSPS) is 10.6. The summed E-state index contributed by atoms with van der Waals surface area (Å²) < 4.78 is 0.924. The van der Waals surface area contributed by atoms with Crippen molar-refractivity contribution in [1.82, 2.24) is 15.0 Å². The zero-order chi connectivity index (χ0) is 11.7. The van der Waals surface area contributed by atoms with Crippen molar-refractivity contribution >= 4 is 28.2 Å². The Kier molecular flexibility index (Phi) is 2.53. The smallest absolute Gasteiger partial charge is 0.267 e. The Morgan fingerprint density at radius 3 is 2.88 bits per heavy atom. The topological polar surface area (TPSA) is 90.9 Å². The number of non-ortho nitro benzene ring substituents is 1. The van der Waals surface area contributed by atoms with Gasteiger partial charge in [0, 0.05) is 12.1 Å². The van der Waals surface area contributed by atoms with Crippen LogP contribution in [0, 0.1) is 10.1 Å². The Morgan fingerprint density at radius 1 is 1.50 bits per heavy atom. The van der Waals surface area contributed by atoms with Crippen molar-refractivity contribution in [1.29, 1.82) is 0 Å². The average molecular weight is 241 g/mol. The fraction of sp³-hybridized carbons (Fsp3) is 0.125. The van der Waals surface area contributed by atoms with Crippen LogP contribution in [0.2, 0.25) is 0 Å². The molecule has 82 valence electrons. The summed E-state index contributed by atoms with van der Waals surface area (Å²) in [7, 11) is 0. The molecule has 1 heterocycles. The quantitative estimate of drug-likeness (QED) is 0.442. The van der Waals surface area contributed by atoms with Crippen LogP contribution in [0.4, 0.5) is 5.69 Å². The maximum atomic E-state index is 11.7. The molecule has 1 aromatic carbocycles. The van der Waals surface area contributed by atoms with E-state index >= 15 is 0 Å². The van der Waals surface area contributed by atoms with E-state index in [4.69, 9.17) is 11.6 Å². The van der Waals surface area contributed by atoms with Gasteiger partial charge in [-0.15, -0.1) is 16.7 Å². The molecule has 0 bridgehead atoms. The molecule has 0 atom stereocenters. The van der Waals surface area contributed by atoms with Gasteiger partial charge in [-0.25, -0.2) is 0 Å². The number of alkyl halides is 1. The summed E-state index contributed by atoms with van der Waals surface area (Å²) in [6.45, 7) is 0. The van der Waals surface area contributed by atoms with Gasteiger partial charge in [0.15, 0.2) is 0 Å². The molecule has 0 saturated carbocycles. The van der Waals surface area contributed by atoms with Gasteiger partial charge in [-0.3, -0.25) is 14.9 Å². The third-order valence-corrected chi connectivity index (χ3v) is 2.26. The minimum Gasteiger partial charge on any atom is -0.267 e. The molecule has 0 amide bonds. The van der Waals surface area contributed by atoms with Gasteiger partial charge in [0.1, 0.15) is 11.5 Å². The number of hydrogen-bond acceptors (Lipinski definition) is 5. The minimum absolute atomic E-state index is 0.129. The van der Waals surface area contributed by atoms with E-state index in [2.05, 4.69) is 10.3 Å². The van der Waals surface area contributed by atoms with Gasteiger partial charge in [0.25, 0.3) is 11.2 Å². The number of benzene rings is 1. The highest BCUT2D eigenvalue weighted by Crippen LogP contribution is 2.15. The largest absolute Gasteiger partial charge is 0.279 e. The molecule has 2 aromatic rings. The van der Waals surface area contributed by atoms with Crippen molar-refractivity contribution in [3.63, 3.8) is 0 Å². The fourth-order valence-electron chi connectivity index (χ4n) is 1.26. The molecule has 1 aromatic heterocycles. The highest BCUT2D eigenvalue weighted by atomic mass is 35.5. The molecule has 16 heavy (non-hydrogen) atoms. The van der Waals surface area contributed by atoms with E-state index in [1.807, 2.05) is 0 Å². The number of hydrogen-bond donors (Lipinski definition) is 0. The van der Waals surface area contributed by atoms with Gasteiger partial charge in [-0.05, 0) is 6.07 Å². The first-order chi connectivity index (χ1) is 7.63. The number of halogens is 1. The molecule has 0 aliphatic heterocycles. The second-order valence-corrected chi connectivity index (χ2v) is 3.21. The first kappa shape index (κ1) is 10.5. The van der Waals surface area contributed by atoms with Gasteiger partial charge in [0.05, 0.1) is 10.3 Å². The number of nitro groups is 1. The molecule has 0 aliphatic carbocycles. The number of nitro benzene ring substituents is 1. The van der Waals surface area contributed by atoms with Crippen LogP contribution >= 0.6 is 11.6 Å². The maximum Gasteiger partial charge on any atom is 0.279 e. The molecule has 0 unspecified atom stereocenters. The SMILES string of the molecule is O=c1c2cc([N+](=O)[O-])ccc2nnn1CCl. The lowest BCUT2D eigenvalue weighted by molar-refractivity contribution is -0.384. The molecule has 0 fully saturated rings. The summed E-state index contributed by atoms with van der Waals surface area (Å²) in [5.41, 5.74) is -0.362. The molecular weight excluding hydrogens is 236 g/mol. The van der Waals surface area contributed by atoms with Crippen LogP contribution in [0.15, 0.2) is 23.0 Å². The Balaban J connectivity index is 2.79. The van der Waals surface area contributed by atoms with Crippen molar-refractivity contribution in [2.45, 2.75) is 6.00 Å². The molecule has 0 radical (unpaired) electrons. The van der Waals surface area contributed by atoms with E-state index in [1.54, 1.807) is 0 Å². The molecule has 0 saturated heterocycles. The number of nitrogens with zero attached hydrogens (tertiary/aromatic N) is 4. The van der Waals surface area contributed by atoms with Crippen molar-refractivity contribution in [3.05, 3.63) is 38.7 Å². The molecule has 2 rings (SSSR count). The first-order valence-electron chi connectivity index (χ1n) is 4.21. The lowest BCUT2D eigenvalue weighted by atomic mass is 10.2. The molecule has 7 nitrogen and oxygen atoms in total. The van der Waals surface area contributed by atoms with Crippen molar-refractivity contribution in [3.8, 4) is 0 Å².